The molecule has 0 fully saturated rings. The number of pyridine rings is 1. The summed E-state index contributed by atoms with van der Waals surface area (Å²) in [6.07, 6.45) is 1.71. The Hall–Kier alpha value is -2.60. The van der Waals surface area contributed by atoms with Crippen LogP contribution in [0.1, 0.15) is 27.2 Å². The molecule has 0 amide bonds. The molecule has 6 heteroatoms. The van der Waals surface area contributed by atoms with Gasteiger partial charge in [-0.05, 0) is 36.8 Å². The lowest BCUT2D eigenvalue weighted by atomic mass is 10.1. The van der Waals surface area contributed by atoms with Crippen molar-refractivity contribution < 1.29 is 19.4 Å². The lowest BCUT2D eigenvalue weighted by Gasteiger charge is -2.05. The second kappa shape index (κ2) is 5.31. The van der Waals surface area contributed by atoms with Gasteiger partial charge in [-0.15, -0.1) is 0 Å². The van der Waals surface area contributed by atoms with Gasteiger partial charge in [-0.1, -0.05) is 18.3 Å². The molecule has 0 unspecified atom stereocenters. The Balaban J connectivity index is 2.12. The van der Waals surface area contributed by atoms with E-state index in [9.17, 15) is 9.90 Å². The number of fused-ring (bicyclic) bond motifs is 1. The molecule has 0 radical (unpaired) electrons. The minimum Gasteiger partial charge on any atom is -0.504 e. The Kier molecular flexibility index (Phi) is 3.46. The number of aromatic hydroxyl groups is 1. The van der Waals surface area contributed by atoms with Gasteiger partial charge >= 0.3 is 5.97 Å². The summed E-state index contributed by atoms with van der Waals surface area (Å²) in [4.78, 5) is 14.9. The number of hydrogen-bond acceptors (Lipinski definition) is 5. The molecule has 0 atom stereocenters. The molecular formula is C16H13NO4S. The van der Waals surface area contributed by atoms with Gasteiger partial charge in [-0.3, -0.25) is 0 Å². The number of phenols is 1. The van der Waals surface area contributed by atoms with Crippen molar-refractivity contribution in [2.75, 3.05) is 7.11 Å². The Morgan fingerprint density at radius 2 is 2.14 bits per heavy atom. The fourth-order valence-corrected chi connectivity index (χ4v) is 2.69. The summed E-state index contributed by atoms with van der Waals surface area (Å²) in [7, 11) is 1.47. The first kappa shape index (κ1) is 14.3. The van der Waals surface area contributed by atoms with Crippen molar-refractivity contribution in [3.8, 4) is 11.5 Å². The van der Waals surface area contributed by atoms with Gasteiger partial charge < -0.3 is 19.6 Å². The number of rotatable bonds is 2. The van der Waals surface area contributed by atoms with Gasteiger partial charge in [0.15, 0.2) is 11.5 Å². The zero-order valence-electron chi connectivity index (χ0n) is 12.0. The summed E-state index contributed by atoms with van der Waals surface area (Å²) < 4.78 is 10.7. The maximum atomic E-state index is 12.0. The normalized spacial score (nSPS) is 14.8. The molecule has 5 nitrogen and oxygen atoms in total. The van der Waals surface area contributed by atoms with E-state index in [0.717, 1.165) is 11.3 Å². The Bertz CT molecular complexity index is 867. The lowest BCUT2D eigenvalue weighted by Crippen LogP contribution is -1.97. The van der Waals surface area contributed by atoms with Crippen molar-refractivity contribution in [2.24, 2.45) is 0 Å². The van der Waals surface area contributed by atoms with Crippen molar-refractivity contribution in [1.29, 1.82) is 0 Å². The number of H-pyrrole nitrogens is 1. The number of aromatic nitrogens is 1. The number of nitrogens with one attached hydrogen (secondary N) is 1. The van der Waals surface area contributed by atoms with E-state index in [4.69, 9.17) is 21.7 Å². The molecule has 112 valence electrons. The number of carbonyl (C=O) groups excluding carboxylic acids is 1. The van der Waals surface area contributed by atoms with Crippen LogP contribution in [0.3, 0.4) is 0 Å². The molecule has 0 aliphatic carbocycles. The van der Waals surface area contributed by atoms with E-state index in [1.54, 1.807) is 18.2 Å². The molecule has 1 aromatic carbocycles. The first-order valence-electron chi connectivity index (χ1n) is 6.55. The van der Waals surface area contributed by atoms with E-state index in [-0.39, 0.29) is 5.75 Å². The fraction of sp³-hybridized carbons (Fsp3) is 0.125. The zero-order valence-corrected chi connectivity index (χ0v) is 12.8. The summed E-state index contributed by atoms with van der Waals surface area (Å²) in [5.41, 5.74) is 2.62. The number of aryl methyl sites for hydroxylation is 1. The van der Waals surface area contributed by atoms with Crippen LogP contribution in [0, 0.1) is 11.6 Å². The van der Waals surface area contributed by atoms with E-state index in [2.05, 4.69) is 4.98 Å². The summed E-state index contributed by atoms with van der Waals surface area (Å²) in [5, 5.41) is 9.62. The molecule has 2 aromatic rings. The molecule has 0 bridgehead atoms. The number of carbonyl (C=O) groups is 1. The number of benzene rings is 1. The fourth-order valence-electron chi connectivity index (χ4n) is 2.33. The van der Waals surface area contributed by atoms with Crippen LogP contribution >= 0.6 is 12.2 Å². The maximum Gasteiger partial charge on any atom is 0.347 e. The van der Waals surface area contributed by atoms with Crippen molar-refractivity contribution in [2.45, 2.75) is 6.92 Å². The molecule has 2 N–H and O–H groups in total. The van der Waals surface area contributed by atoms with Gasteiger partial charge in [0.05, 0.1) is 7.11 Å². The number of cyclic esters (lactones) is 1. The Morgan fingerprint density at radius 1 is 1.36 bits per heavy atom. The minimum atomic E-state index is -0.465. The highest BCUT2D eigenvalue weighted by molar-refractivity contribution is 7.71. The first-order chi connectivity index (χ1) is 10.5. The van der Waals surface area contributed by atoms with E-state index in [0.29, 0.717) is 27.3 Å². The molecule has 0 saturated carbocycles. The third-order valence-electron chi connectivity index (χ3n) is 3.34. The molecule has 3 rings (SSSR count). The van der Waals surface area contributed by atoms with E-state index in [1.165, 1.54) is 13.2 Å². The highest BCUT2D eigenvalue weighted by Crippen LogP contribution is 2.34. The van der Waals surface area contributed by atoms with E-state index < -0.39 is 5.97 Å². The van der Waals surface area contributed by atoms with Crippen molar-refractivity contribution in [3.05, 3.63) is 51.3 Å². The highest BCUT2D eigenvalue weighted by atomic mass is 32.1. The number of esters is 1. The number of methoxy groups -OCH3 is 1. The molecule has 22 heavy (non-hydrogen) atoms. The van der Waals surface area contributed by atoms with Gasteiger partial charge in [0.1, 0.15) is 16.0 Å². The molecule has 2 heterocycles. The number of aromatic amines is 1. The lowest BCUT2D eigenvalue weighted by molar-refractivity contribution is 0.0716. The van der Waals surface area contributed by atoms with Gasteiger partial charge in [-0.25, -0.2) is 4.79 Å². The Labute approximate surface area is 131 Å². The van der Waals surface area contributed by atoms with Crippen LogP contribution < -0.4 is 4.74 Å². The largest absolute Gasteiger partial charge is 0.504 e. The summed E-state index contributed by atoms with van der Waals surface area (Å²) >= 11 is 5.18. The van der Waals surface area contributed by atoms with Gasteiger partial charge in [0, 0.05) is 11.3 Å². The summed E-state index contributed by atoms with van der Waals surface area (Å²) in [6.45, 7) is 1.86. The smallest absolute Gasteiger partial charge is 0.347 e. The second-order valence-corrected chi connectivity index (χ2v) is 5.31. The van der Waals surface area contributed by atoms with Crippen LogP contribution in [0.5, 0.6) is 11.5 Å². The average Bonchev–Trinajstić information content (AvgIpc) is 2.77. The number of hydrogen-bond donors (Lipinski definition) is 2. The van der Waals surface area contributed by atoms with Crippen molar-refractivity contribution in [3.63, 3.8) is 0 Å². The molecule has 0 saturated heterocycles. The molecular weight excluding hydrogens is 302 g/mol. The highest BCUT2D eigenvalue weighted by Gasteiger charge is 2.28. The van der Waals surface area contributed by atoms with Crippen molar-refractivity contribution in [1.82, 2.24) is 4.98 Å². The third-order valence-corrected chi connectivity index (χ3v) is 3.65. The van der Waals surface area contributed by atoms with Crippen molar-refractivity contribution >= 4 is 30.0 Å². The van der Waals surface area contributed by atoms with Crippen LogP contribution in [0.4, 0.5) is 0 Å². The first-order valence-corrected chi connectivity index (χ1v) is 6.95. The second-order valence-electron chi connectivity index (χ2n) is 4.90. The van der Waals surface area contributed by atoms with Crippen LogP contribution in [0.25, 0.3) is 11.8 Å². The quantitative estimate of drug-likeness (QED) is 0.656. The molecule has 1 aromatic heterocycles. The maximum absolute atomic E-state index is 12.0. The van der Waals surface area contributed by atoms with Gasteiger partial charge in [0.25, 0.3) is 0 Å². The monoisotopic (exact) mass is 315 g/mol. The average molecular weight is 315 g/mol. The number of ether oxygens (including phenoxy) is 2. The Morgan fingerprint density at radius 3 is 2.86 bits per heavy atom. The predicted molar refractivity (Wildman–Crippen MR) is 84.3 cm³/mol. The van der Waals surface area contributed by atoms with E-state index in [1.807, 2.05) is 13.0 Å². The van der Waals surface area contributed by atoms with Gasteiger partial charge in [0.2, 0.25) is 0 Å². The SMILES string of the molecule is COc1cc(/C=C2\OC(=O)c3c2cc(C)[nH]c3=S)ccc1O. The topological polar surface area (TPSA) is 71.5 Å². The number of phenolic OH excluding ortho intramolecular Hbond substituents is 1. The molecule has 0 spiro atoms. The summed E-state index contributed by atoms with van der Waals surface area (Å²) in [6, 6.07) is 6.70. The zero-order chi connectivity index (χ0) is 15.9. The molecule has 1 aliphatic heterocycles. The third kappa shape index (κ3) is 2.37. The summed E-state index contributed by atoms with van der Waals surface area (Å²) in [5.74, 6) is 0.358. The van der Waals surface area contributed by atoms with Crippen LogP contribution in [-0.4, -0.2) is 23.2 Å². The van der Waals surface area contributed by atoms with E-state index >= 15 is 0 Å². The van der Waals surface area contributed by atoms with Gasteiger partial charge in [-0.2, -0.15) is 0 Å². The van der Waals surface area contributed by atoms with Crippen LogP contribution in [0.15, 0.2) is 24.3 Å². The van der Waals surface area contributed by atoms with Crippen LogP contribution in [-0.2, 0) is 4.74 Å². The predicted octanol–water partition coefficient (Wildman–Crippen LogP) is 3.44. The van der Waals surface area contributed by atoms with Crippen LogP contribution in [0.2, 0.25) is 0 Å². The standard InChI is InChI=1S/C16H13NO4S/c1-8-5-10-12(21-16(19)14(10)15(22)17-8)6-9-3-4-11(18)13(7-9)20-2/h3-7,18H,1-2H3,(H,17,22)/b12-6-. The molecule has 1 aliphatic rings. The minimum absolute atomic E-state index is 0.0479.